The van der Waals surface area contributed by atoms with Crippen LogP contribution in [0.15, 0.2) is 53.4 Å². The number of carbonyl (C=O) groups is 1. The van der Waals surface area contributed by atoms with Crippen molar-refractivity contribution in [1.82, 2.24) is 5.32 Å². The number of hydrogen-bond acceptors (Lipinski definition) is 3. The Labute approximate surface area is 134 Å². The molecular weight excluding hydrogens is 306 g/mol. The average molecular weight is 322 g/mol. The van der Waals surface area contributed by atoms with Crippen LogP contribution in [0.2, 0.25) is 5.02 Å². The summed E-state index contributed by atoms with van der Waals surface area (Å²) in [6.07, 6.45) is 0.721. The molecule has 0 saturated carbocycles. The maximum Gasteiger partial charge on any atom is 0.252 e. The number of para-hydroxylation sites is 1. The van der Waals surface area contributed by atoms with Crippen LogP contribution in [-0.2, 0) is 0 Å². The first kappa shape index (κ1) is 15.7. The molecule has 0 aliphatic heterocycles. The third-order valence-electron chi connectivity index (χ3n) is 2.81. The van der Waals surface area contributed by atoms with Crippen LogP contribution in [0, 0.1) is 0 Å². The minimum atomic E-state index is -0.199. The van der Waals surface area contributed by atoms with Gasteiger partial charge in [0, 0.05) is 11.4 Å². The van der Waals surface area contributed by atoms with E-state index in [1.807, 2.05) is 30.3 Å². The molecule has 0 saturated heterocycles. The van der Waals surface area contributed by atoms with Crippen molar-refractivity contribution in [3.05, 3.63) is 59.1 Å². The molecular formula is C16H16ClNO2S. The zero-order valence-corrected chi connectivity index (χ0v) is 13.0. The Kier molecular flexibility index (Phi) is 5.96. The monoisotopic (exact) mass is 321 g/mol. The van der Waals surface area contributed by atoms with E-state index in [-0.39, 0.29) is 5.91 Å². The summed E-state index contributed by atoms with van der Waals surface area (Å²) < 4.78 is 5.55. The van der Waals surface area contributed by atoms with Crippen LogP contribution in [0.4, 0.5) is 0 Å². The summed E-state index contributed by atoms with van der Waals surface area (Å²) in [6, 6.07) is 14.6. The predicted molar refractivity (Wildman–Crippen MR) is 87.6 cm³/mol. The number of benzene rings is 2. The number of amides is 1. The molecule has 3 nitrogen and oxygen atoms in total. The predicted octanol–water partition coefficient (Wildman–Crippen LogP) is 3.83. The molecule has 0 radical (unpaired) electrons. The van der Waals surface area contributed by atoms with Gasteiger partial charge in [0.2, 0.25) is 0 Å². The smallest absolute Gasteiger partial charge is 0.252 e. The lowest BCUT2D eigenvalue weighted by molar-refractivity contribution is 0.0951. The molecule has 110 valence electrons. The second-order valence-electron chi connectivity index (χ2n) is 4.44. The number of rotatable bonds is 6. The molecule has 0 heterocycles. The van der Waals surface area contributed by atoms with Gasteiger partial charge in [0.25, 0.3) is 5.91 Å². The summed E-state index contributed by atoms with van der Waals surface area (Å²) in [7, 11) is 0. The number of ether oxygens (including phenoxy) is 1. The van der Waals surface area contributed by atoms with E-state index in [9.17, 15) is 4.79 Å². The number of thiol groups is 1. The minimum absolute atomic E-state index is 0.199. The molecule has 0 unspecified atom stereocenters. The van der Waals surface area contributed by atoms with E-state index in [0.717, 1.165) is 12.2 Å². The molecule has 1 N–H and O–H groups in total. The van der Waals surface area contributed by atoms with Gasteiger partial charge in [-0.15, -0.1) is 12.6 Å². The molecule has 0 aliphatic carbocycles. The normalized spacial score (nSPS) is 10.2. The Morgan fingerprint density at radius 3 is 2.71 bits per heavy atom. The third kappa shape index (κ3) is 4.99. The number of hydrogen-bond donors (Lipinski definition) is 2. The number of nitrogens with one attached hydrogen (secondary N) is 1. The van der Waals surface area contributed by atoms with E-state index < -0.39 is 0 Å². The van der Waals surface area contributed by atoms with Crippen molar-refractivity contribution in [2.75, 3.05) is 13.2 Å². The first-order valence-electron chi connectivity index (χ1n) is 6.61. The Bertz CT molecular complexity index is 604. The van der Waals surface area contributed by atoms with Crippen LogP contribution in [-0.4, -0.2) is 19.1 Å². The van der Waals surface area contributed by atoms with Crippen molar-refractivity contribution in [3.8, 4) is 5.75 Å². The van der Waals surface area contributed by atoms with Crippen molar-refractivity contribution >= 4 is 30.1 Å². The Hall–Kier alpha value is -1.65. The van der Waals surface area contributed by atoms with Gasteiger partial charge >= 0.3 is 0 Å². The van der Waals surface area contributed by atoms with Crippen LogP contribution in [0.5, 0.6) is 5.75 Å². The lowest BCUT2D eigenvalue weighted by Gasteiger charge is -2.08. The van der Waals surface area contributed by atoms with E-state index in [0.29, 0.717) is 28.6 Å². The van der Waals surface area contributed by atoms with Crippen LogP contribution >= 0.6 is 24.2 Å². The number of carbonyl (C=O) groups excluding carboxylic acids is 1. The van der Waals surface area contributed by atoms with Gasteiger partial charge < -0.3 is 10.1 Å². The van der Waals surface area contributed by atoms with E-state index in [4.69, 9.17) is 16.3 Å². The molecule has 2 aromatic rings. The highest BCUT2D eigenvalue weighted by atomic mass is 35.5. The van der Waals surface area contributed by atoms with Crippen molar-refractivity contribution in [2.24, 2.45) is 0 Å². The van der Waals surface area contributed by atoms with Gasteiger partial charge in [-0.25, -0.2) is 0 Å². The molecule has 1 amide bonds. The molecule has 0 bridgehead atoms. The van der Waals surface area contributed by atoms with Crippen molar-refractivity contribution in [2.45, 2.75) is 11.3 Å². The molecule has 0 spiro atoms. The van der Waals surface area contributed by atoms with Crippen LogP contribution < -0.4 is 10.1 Å². The zero-order chi connectivity index (χ0) is 15.1. The van der Waals surface area contributed by atoms with Gasteiger partial charge in [0.15, 0.2) is 0 Å². The summed E-state index contributed by atoms with van der Waals surface area (Å²) in [4.78, 5) is 12.7. The molecule has 2 rings (SSSR count). The number of halogens is 1. The largest absolute Gasteiger partial charge is 0.494 e. The van der Waals surface area contributed by atoms with Crippen LogP contribution in [0.1, 0.15) is 16.8 Å². The van der Waals surface area contributed by atoms with Gasteiger partial charge in [0.05, 0.1) is 17.2 Å². The van der Waals surface area contributed by atoms with Gasteiger partial charge in [0.1, 0.15) is 5.75 Å². The van der Waals surface area contributed by atoms with Gasteiger partial charge in [-0.1, -0.05) is 29.8 Å². The molecule has 21 heavy (non-hydrogen) atoms. The second-order valence-corrected chi connectivity index (χ2v) is 5.36. The quantitative estimate of drug-likeness (QED) is 0.627. The van der Waals surface area contributed by atoms with Gasteiger partial charge in [-0.2, -0.15) is 0 Å². The minimum Gasteiger partial charge on any atom is -0.494 e. The Morgan fingerprint density at radius 1 is 1.19 bits per heavy atom. The summed E-state index contributed by atoms with van der Waals surface area (Å²) in [5.41, 5.74) is 0.438. The molecule has 5 heteroatoms. The fourth-order valence-electron chi connectivity index (χ4n) is 1.76. The topological polar surface area (TPSA) is 38.3 Å². The third-order valence-corrected chi connectivity index (χ3v) is 3.42. The van der Waals surface area contributed by atoms with E-state index in [1.54, 1.807) is 18.2 Å². The fourth-order valence-corrected chi connectivity index (χ4v) is 2.17. The fraction of sp³-hybridized carbons (Fsp3) is 0.188. The maximum atomic E-state index is 12.0. The van der Waals surface area contributed by atoms with Gasteiger partial charge in [-0.05, 0) is 36.8 Å². The van der Waals surface area contributed by atoms with Crippen LogP contribution in [0.25, 0.3) is 0 Å². The first-order valence-corrected chi connectivity index (χ1v) is 7.44. The van der Waals surface area contributed by atoms with Gasteiger partial charge in [-0.3, -0.25) is 4.79 Å². The van der Waals surface area contributed by atoms with Crippen molar-refractivity contribution in [1.29, 1.82) is 0 Å². The molecule has 0 aliphatic rings. The lowest BCUT2D eigenvalue weighted by Crippen LogP contribution is -2.25. The molecule has 0 aromatic heterocycles. The average Bonchev–Trinajstić information content (AvgIpc) is 2.50. The van der Waals surface area contributed by atoms with E-state index in [1.165, 1.54) is 0 Å². The highest BCUT2D eigenvalue weighted by molar-refractivity contribution is 7.80. The molecule has 0 fully saturated rings. The summed E-state index contributed by atoms with van der Waals surface area (Å²) in [6.45, 7) is 1.07. The molecule has 2 aromatic carbocycles. The Morgan fingerprint density at radius 2 is 1.95 bits per heavy atom. The summed E-state index contributed by atoms with van der Waals surface area (Å²) >= 11 is 10.2. The lowest BCUT2D eigenvalue weighted by atomic mass is 10.2. The highest BCUT2D eigenvalue weighted by Crippen LogP contribution is 2.19. The second kappa shape index (κ2) is 7.96. The van der Waals surface area contributed by atoms with Crippen LogP contribution in [0.3, 0.4) is 0 Å². The standard InChI is InChI=1S/C16H16ClNO2S/c17-15-8-7-13(21)11-14(15)16(19)18-9-4-10-20-12-5-2-1-3-6-12/h1-3,5-8,11,21H,4,9-10H2,(H,18,19). The first-order chi connectivity index (χ1) is 10.2. The highest BCUT2D eigenvalue weighted by Gasteiger charge is 2.09. The zero-order valence-electron chi connectivity index (χ0n) is 11.4. The Balaban J connectivity index is 1.73. The maximum absolute atomic E-state index is 12.0. The van der Waals surface area contributed by atoms with Crippen molar-refractivity contribution < 1.29 is 9.53 Å². The van der Waals surface area contributed by atoms with Crippen molar-refractivity contribution in [3.63, 3.8) is 0 Å². The molecule has 0 atom stereocenters. The summed E-state index contributed by atoms with van der Waals surface area (Å²) in [5.74, 6) is 0.630. The van der Waals surface area contributed by atoms with E-state index >= 15 is 0 Å². The summed E-state index contributed by atoms with van der Waals surface area (Å²) in [5, 5.41) is 3.24. The SMILES string of the molecule is O=C(NCCCOc1ccccc1)c1cc(S)ccc1Cl. The van der Waals surface area contributed by atoms with E-state index in [2.05, 4.69) is 17.9 Å².